The summed E-state index contributed by atoms with van der Waals surface area (Å²) >= 11 is 1.46. The highest BCUT2D eigenvalue weighted by atomic mass is 32.2. The van der Waals surface area contributed by atoms with Crippen LogP contribution in [-0.4, -0.2) is 39.5 Å². The Balaban J connectivity index is 3.87. The summed E-state index contributed by atoms with van der Waals surface area (Å²) in [5.41, 5.74) is 0. The molecule has 0 aromatic carbocycles. The van der Waals surface area contributed by atoms with E-state index < -0.39 is 8.80 Å². The Morgan fingerprint density at radius 1 is 0.792 bits per heavy atom. The molecule has 0 unspecified atom stereocenters. The first kappa shape index (κ1) is 24.1. The molecule has 6 heteroatoms. The van der Waals surface area contributed by atoms with Crippen LogP contribution in [0.15, 0.2) is 0 Å². The monoisotopic (exact) mass is 378 g/mol. The Morgan fingerprint density at radius 3 is 1.88 bits per heavy atom. The highest BCUT2D eigenvalue weighted by Crippen LogP contribution is 2.21. The fraction of sp³-hybridized carbons (Fsp3) is 0.944. The molecular weight excluding hydrogens is 340 g/mol. The van der Waals surface area contributed by atoms with E-state index in [9.17, 15) is 4.79 Å². The zero-order valence-corrected chi connectivity index (χ0v) is 18.1. The molecule has 0 atom stereocenters. The maximum atomic E-state index is 11.9. The van der Waals surface area contributed by atoms with Crippen LogP contribution >= 0.6 is 11.8 Å². The van der Waals surface area contributed by atoms with Crippen LogP contribution in [0.4, 0.5) is 0 Å². The molecule has 0 saturated heterocycles. The molecule has 0 rings (SSSR count). The third kappa shape index (κ3) is 12.5. The first-order valence-electron chi connectivity index (χ1n) is 9.71. The van der Waals surface area contributed by atoms with E-state index in [-0.39, 0.29) is 0 Å². The molecule has 0 aliphatic rings. The van der Waals surface area contributed by atoms with Gasteiger partial charge in [-0.15, -0.1) is 0 Å². The van der Waals surface area contributed by atoms with Crippen molar-refractivity contribution in [2.75, 3.05) is 25.6 Å². The van der Waals surface area contributed by atoms with Gasteiger partial charge in [0.2, 0.25) is 0 Å². The van der Waals surface area contributed by atoms with Crippen molar-refractivity contribution in [2.45, 2.75) is 85.1 Å². The molecule has 0 fully saturated rings. The minimum absolute atomic E-state index is 0.321. The SMILES string of the molecule is CCCCCCCCC(=O)SCCC[Si](OCC)(OCC)OCC. The molecule has 24 heavy (non-hydrogen) atoms. The van der Waals surface area contributed by atoms with Gasteiger partial charge in [0.1, 0.15) is 0 Å². The van der Waals surface area contributed by atoms with Crippen molar-refractivity contribution in [2.24, 2.45) is 0 Å². The van der Waals surface area contributed by atoms with E-state index in [1.165, 1.54) is 43.9 Å². The molecule has 0 heterocycles. The Labute approximate surface area is 154 Å². The average molecular weight is 379 g/mol. The Morgan fingerprint density at radius 2 is 1.33 bits per heavy atom. The van der Waals surface area contributed by atoms with E-state index in [0.717, 1.165) is 24.6 Å². The van der Waals surface area contributed by atoms with Crippen molar-refractivity contribution in [3.8, 4) is 0 Å². The number of hydrogen-bond donors (Lipinski definition) is 0. The molecule has 0 aromatic rings. The van der Waals surface area contributed by atoms with Gasteiger partial charge in [0.15, 0.2) is 5.12 Å². The molecule has 0 saturated carbocycles. The van der Waals surface area contributed by atoms with E-state index in [4.69, 9.17) is 13.3 Å². The van der Waals surface area contributed by atoms with E-state index in [1.807, 2.05) is 20.8 Å². The number of carbonyl (C=O) groups excluding carboxylic acids is 1. The second kappa shape index (κ2) is 16.6. The minimum atomic E-state index is -2.54. The molecule has 0 aliphatic heterocycles. The van der Waals surface area contributed by atoms with Gasteiger partial charge in [-0.3, -0.25) is 4.79 Å². The van der Waals surface area contributed by atoms with Gasteiger partial charge in [-0.2, -0.15) is 0 Å². The quantitative estimate of drug-likeness (QED) is 0.249. The summed E-state index contributed by atoms with van der Waals surface area (Å²) in [7, 11) is -2.54. The second-order valence-electron chi connectivity index (χ2n) is 5.82. The molecule has 0 amide bonds. The Bertz CT molecular complexity index is 286. The summed E-state index contributed by atoms with van der Waals surface area (Å²) in [5.74, 6) is 0.830. The molecule has 4 nitrogen and oxygen atoms in total. The maximum Gasteiger partial charge on any atom is 0.500 e. The van der Waals surface area contributed by atoms with E-state index >= 15 is 0 Å². The third-order valence-corrected chi connectivity index (χ3v) is 7.89. The highest BCUT2D eigenvalue weighted by Gasteiger charge is 2.39. The van der Waals surface area contributed by atoms with Crippen molar-refractivity contribution >= 4 is 25.7 Å². The predicted molar refractivity (Wildman–Crippen MR) is 106 cm³/mol. The average Bonchev–Trinajstić information content (AvgIpc) is 2.56. The molecule has 0 aliphatic carbocycles. The summed E-state index contributed by atoms with van der Waals surface area (Å²) < 4.78 is 17.5. The van der Waals surface area contributed by atoms with Gasteiger partial charge >= 0.3 is 8.80 Å². The minimum Gasteiger partial charge on any atom is -0.374 e. The largest absolute Gasteiger partial charge is 0.500 e. The van der Waals surface area contributed by atoms with Crippen LogP contribution in [0, 0.1) is 0 Å². The zero-order chi connectivity index (χ0) is 18.1. The molecule has 0 aromatic heterocycles. The van der Waals surface area contributed by atoms with Crippen LogP contribution in [0.5, 0.6) is 0 Å². The number of rotatable bonds is 17. The van der Waals surface area contributed by atoms with E-state index in [1.54, 1.807) is 0 Å². The van der Waals surface area contributed by atoms with Gasteiger partial charge in [-0.1, -0.05) is 50.8 Å². The van der Waals surface area contributed by atoms with E-state index in [2.05, 4.69) is 6.92 Å². The van der Waals surface area contributed by atoms with Crippen LogP contribution in [-0.2, 0) is 18.1 Å². The van der Waals surface area contributed by atoms with Crippen molar-refractivity contribution in [3.63, 3.8) is 0 Å². The zero-order valence-electron chi connectivity index (χ0n) is 16.2. The molecule has 144 valence electrons. The lowest BCUT2D eigenvalue weighted by Gasteiger charge is -2.28. The van der Waals surface area contributed by atoms with Gasteiger partial charge in [0, 0.05) is 38.0 Å². The first-order chi connectivity index (χ1) is 11.6. The second-order valence-corrected chi connectivity index (χ2v) is 9.71. The van der Waals surface area contributed by atoms with Gasteiger partial charge in [-0.05, 0) is 33.6 Å². The van der Waals surface area contributed by atoms with Crippen LogP contribution in [0.1, 0.15) is 79.1 Å². The summed E-state index contributed by atoms with van der Waals surface area (Å²) in [5, 5.41) is 0.321. The molecular formula is C18H38O4SSi. The van der Waals surface area contributed by atoms with Gasteiger partial charge in [0.25, 0.3) is 0 Å². The topological polar surface area (TPSA) is 44.8 Å². The maximum absolute atomic E-state index is 11.9. The summed E-state index contributed by atoms with van der Waals surface area (Å²) in [6, 6.07) is 0.791. The smallest absolute Gasteiger partial charge is 0.374 e. The van der Waals surface area contributed by atoms with Crippen LogP contribution < -0.4 is 0 Å². The lowest BCUT2D eigenvalue weighted by molar-refractivity contribution is -0.111. The first-order valence-corrected chi connectivity index (χ1v) is 12.6. The summed E-state index contributed by atoms with van der Waals surface area (Å²) in [6.07, 6.45) is 8.97. The molecule has 0 spiro atoms. The predicted octanol–water partition coefficient (Wildman–Crippen LogP) is 5.44. The standard InChI is InChI=1S/C18H38O4SSi/c1-5-9-10-11-12-13-15-18(19)23-16-14-17-24(20-6-2,21-7-3)22-8-4/h5-17H2,1-4H3. The van der Waals surface area contributed by atoms with Crippen LogP contribution in [0.3, 0.4) is 0 Å². The fourth-order valence-electron chi connectivity index (χ4n) is 2.60. The number of carbonyl (C=O) groups is 1. The van der Waals surface area contributed by atoms with Crippen LogP contribution in [0.25, 0.3) is 0 Å². The normalized spacial score (nSPS) is 11.8. The Kier molecular flexibility index (Phi) is 16.7. The van der Waals surface area contributed by atoms with Crippen molar-refractivity contribution < 1.29 is 18.1 Å². The number of hydrogen-bond acceptors (Lipinski definition) is 5. The fourth-order valence-corrected chi connectivity index (χ4v) is 6.27. The molecule has 0 radical (unpaired) electrons. The van der Waals surface area contributed by atoms with Gasteiger partial charge < -0.3 is 13.3 Å². The van der Waals surface area contributed by atoms with Gasteiger partial charge in [0.05, 0.1) is 0 Å². The highest BCUT2D eigenvalue weighted by molar-refractivity contribution is 8.13. The van der Waals surface area contributed by atoms with Crippen LogP contribution in [0.2, 0.25) is 6.04 Å². The number of unbranched alkanes of at least 4 members (excludes halogenated alkanes) is 5. The summed E-state index contributed by atoms with van der Waals surface area (Å²) in [6.45, 7) is 9.96. The number of thioether (sulfide) groups is 1. The Hall–Kier alpha value is 0.117. The van der Waals surface area contributed by atoms with Crippen molar-refractivity contribution in [1.29, 1.82) is 0 Å². The lowest BCUT2D eigenvalue weighted by Crippen LogP contribution is -2.46. The molecule has 0 N–H and O–H groups in total. The van der Waals surface area contributed by atoms with Crippen molar-refractivity contribution in [1.82, 2.24) is 0 Å². The molecule has 0 bridgehead atoms. The lowest BCUT2D eigenvalue weighted by atomic mass is 10.1. The van der Waals surface area contributed by atoms with E-state index in [0.29, 0.717) is 31.4 Å². The van der Waals surface area contributed by atoms with Gasteiger partial charge in [-0.25, -0.2) is 0 Å². The third-order valence-electron chi connectivity index (χ3n) is 3.72. The van der Waals surface area contributed by atoms with Crippen molar-refractivity contribution in [3.05, 3.63) is 0 Å². The summed E-state index contributed by atoms with van der Waals surface area (Å²) in [4.78, 5) is 11.9.